The van der Waals surface area contributed by atoms with Gasteiger partial charge >= 0.3 is 0 Å². The highest BCUT2D eigenvalue weighted by Gasteiger charge is 2.11. The number of hydrogen-bond donors (Lipinski definition) is 2. The van der Waals surface area contributed by atoms with Crippen molar-refractivity contribution in [2.45, 2.75) is 13.5 Å². The minimum absolute atomic E-state index is 0.0311. The van der Waals surface area contributed by atoms with E-state index in [0.717, 1.165) is 11.6 Å². The quantitative estimate of drug-likeness (QED) is 0.737. The van der Waals surface area contributed by atoms with Crippen molar-refractivity contribution in [2.24, 2.45) is 0 Å². The number of carbonyl (C=O) groups is 2. The maximum absolute atomic E-state index is 13.7. The largest absolute Gasteiger partial charge is 0.348 e. The lowest BCUT2D eigenvalue weighted by Gasteiger charge is -2.09. The summed E-state index contributed by atoms with van der Waals surface area (Å²) in [6.45, 7) is 1.55. The maximum Gasteiger partial charge on any atom is 0.251 e. The van der Waals surface area contributed by atoms with Crippen LogP contribution in [0, 0.1) is 5.82 Å². The lowest BCUT2D eigenvalue weighted by Crippen LogP contribution is -2.23. The molecule has 2 N–H and O–H groups in total. The second kappa shape index (κ2) is 7.56. The topological polar surface area (TPSA) is 88.9 Å². The molecule has 1 aromatic carbocycles. The molecule has 2 aromatic heterocycles. The molecule has 2 heterocycles. The number of pyridine rings is 1. The molecule has 0 spiro atoms. The van der Waals surface area contributed by atoms with Crippen molar-refractivity contribution in [3.05, 3.63) is 72.2 Å². The molecule has 3 aromatic rings. The van der Waals surface area contributed by atoms with Crippen LogP contribution in [0.15, 0.2) is 55.2 Å². The number of carbonyl (C=O) groups excluding carboxylic acids is 2. The first-order chi connectivity index (χ1) is 12.5. The summed E-state index contributed by atoms with van der Waals surface area (Å²) in [5, 5.41) is 5.12. The predicted octanol–water partition coefficient (Wildman–Crippen LogP) is 2.29. The molecule has 0 radical (unpaired) electrons. The molecule has 7 nitrogen and oxygen atoms in total. The van der Waals surface area contributed by atoms with Gasteiger partial charge < -0.3 is 10.6 Å². The van der Waals surface area contributed by atoms with Crippen LogP contribution in [0.4, 0.5) is 10.1 Å². The summed E-state index contributed by atoms with van der Waals surface area (Å²) in [4.78, 5) is 31.6. The zero-order valence-electron chi connectivity index (χ0n) is 13.9. The van der Waals surface area contributed by atoms with Gasteiger partial charge in [-0.2, -0.15) is 0 Å². The summed E-state index contributed by atoms with van der Waals surface area (Å²) in [6.07, 6.45) is 6.69. The molecule has 0 aliphatic rings. The smallest absolute Gasteiger partial charge is 0.251 e. The molecule has 8 heteroatoms. The molecule has 0 bridgehead atoms. The first-order valence-electron chi connectivity index (χ1n) is 7.81. The molecular weight excluding hydrogens is 337 g/mol. The molecular formula is C18H16FN5O2. The Morgan fingerprint density at radius 2 is 2.04 bits per heavy atom. The van der Waals surface area contributed by atoms with Crippen molar-refractivity contribution in [3.63, 3.8) is 0 Å². The molecule has 0 atom stereocenters. The number of rotatable bonds is 5. The molecule has 26 heavy (non-hydrogen) atoms. The van der Waals surface area contributed by atoms with E-state index < -0.39 is 11.7 Å². The Morgan fingerprint density at radius 1 is 1.19 bits per heavy atom. The summed E-state index contributed by atoms with van der Waals surface area (Å²) in [5.74, 6) is -0.706. The lowest BCUT2D eigenvalue weighted by molar-refractivity contribution is -0.114. The van der Waals surface area contributed by atoms with Gasteiger partial charge in [0.25, 0.3) is 5.91 Å². The number of nitrogens with zero attached hydrogens (tertiary/aromatic N) is 3. The Kier molecular flexibility index (Phi) is 5.02. The zero-order valence-corrected chi connectivity index (χ0v) is 13.9. The van der Waals surface area contributed by atoms with Gasteiger partial charge in [-0.1, -0.05) is 0 Å². The third kappa shape index (κ3) is 4.10. The highest BCUT2D eigenvalue weighted by atomic mass is 19.1. The van der Waals surface area contributed by atoms with E-state index in [0.29, 0.717) is 5.82 Å². The number of benzene rings is 1. The predicted molar refractivity (Wildman–Crippen MR) is 93.2 cm³/mol. The van der Waals surface area contributed by atoms with E-state index in [1.54, 1.807) is 35.6 Å². The van der Waals surface area contributed by atoms with Gasteiger partial charge in [-0.25, -0.2) is 14.4 Å². The lowest BCUT2D eigenvalue weighted by atomic mass is 10.1. The molecule has 3 rings (SSSR count). The van der Waals surface area contributed by atoms with Gasteiger partial charge in [-0.3, -0.25) is 14.2 Å². The van der Waals surface area contributed by atoms with Gasteiger partial charge in [0, 0.05) is 37.6 Å². The van der Waals surface area contributed by atoms with E-state index in [1.807, 2.05) is 6.07 Å². The summed E-state index contributed by atoms with van der Waals surface area (Å²) in [5.41, 5.74) is 1.07. The minimum atomic E-state index is -0.601. The third-order valence-corrected chi connectivity index (χ3v) is 3.57. The Labute approximate surface area is 148 Å². The number of aromatic nitrogens is 3. The van der Waals surface area contributed by atoms with Crippen LogP contribution in [0.2, 0.25) is 0 Å². The van der Waals surface area contributed by atoms with Crippen LogP contribution in [-0.4, -0.2) is 26.3 Å². The van der Waals surface area contributed by atoms with Gasteiger partial charge in [0.05, 0.1) is 5.69 Å². The maximum atomic E-state index is 13.7. The molecule has 2 amide bonds. The van der Waals surface area contributed by atoms with Crippen molar-refractivity contribution in [1.29, 1.82) is 0 Å². The van der Waals surface area contributed by atoms with Crippen LogP contribution >= 0.6 is 0 Å². The van der Waals surface area contributed by atoms with Crippen molar-refractivity contribution in [2.75, 3.05) is 5.32 Å². The standard InChI is InChI=1S/C18H16FN5O2/c1-12(25)23-16-9-14(2-3-15(16)19)18(26)22-10-13-4-5-21-17(8-13)24-7-6-20-11-24/h2-9,11H,10H2,1H3,(H,22,26)(H,23,25). The number of amides is 2. The van der Waals surface area contributed by atoms with Crippen LogP contribution in [-0.2, 0) is 11.3 Å². The number of imidazole rings is 1. The van der Waals surface area contributed by atoms with Gasteiger partial charge in [0.1, 0.15) is 18.0 Å². The van der Waals surface area contributed by atoms with E-state index in [4.69, 9.17) is 0 Å². The normalized spacial score (nSPS) is 10.4. The molecule has 0 saturated heterocycles. The van der Waals surface area contributed by atoms with Crippen LogP contribution in [0.3, 0.4) is 0 Å². The van der Waals surface area contributed by atoms with Gasteiger partial charge in [0.15, 0.2) is 0 Å². The van der Waals surface area contributed by atoms with Crippen LogP contribution in [0.25, 0.3) is 5.82 Å². The molecule has 0 aliphatic heterocycles. The number of anilines is 1. The Balaban J connectivity index is 1.69. The van der Waals surface area contributed by atoms with Crippen molar-refractivity contribution in [1.82, 2.24) is 19.9 Å². The molecule has 0 unspecified atom stereocenters. The Hall–Kier alpha value is -3.55. The van der Waals surface area contributed by atoms with E-state index in [-0.39, 0.29) is 23.7 Å². The Bertz CT molecular complexity index is 941. The number of nitrogens with one attached hydrogen (secondary N) is 2. The molecule has 0 saturated carbocycles. The second-order valence-corrected chi connectivity index (χ2v) is 5.55. The highest BCUT2D eigenvalue weighted by molar-refractivity contribution is 5.96. The monoisotopic (exact) mass is 353 g/mol. The fourth-order valence-electron chi connectivity index (χ4n) is 2.34. The second-order valence-electron chi connectivity index (χ2n) is 5.55. The van der Waals surface area contributed by atoms with Crippen molar-refractivity contribution >= 4 is 17.5 Å². The van der Waals surface area contributed by atoms with Crippen molar-refractivity contribution < 1.29 is 14.0 Å². The van der Waals surface area contributed by atoms with E-state index in [2.05, 4.69) is 20.6 Å². The first-order valence-corrected chi connectivity index (χ1v) is 7.81. The van der Waals surface area contributed by atoms with Gasteiger partial charge in [-0.05, 0) is 35.9 Å². The third-order valence-electron chi connectivity index (χ3n) is 3.57. The minimum Gasteiger partial charge on any atom is -0.348 e. The van der Waals surface area contributed by atoms with E-state index in [1.165, 1.54) is 19.1 Å². The van der Waals surface area contributed by atoms with Crippen LogP contribution < -0.4 is 10.6 Å². The van der Waals surface area contributed by atoms with E-state index in [9.17, 15) is 14.0 Å². The molecule has 132 valence electrons. The summed E-state index contributed by atoms with van der Waals surface area (Å²) < 4.78 is 15.4. The number of hydrogen-bond acceptors (Lipinski definition) is 4. The van der Waals surface area contributed by atoms with E-state index >= 15 is 0 Å². The number of halogens is 1. The Morgan fingerprint density at radius 3 is 2.77 bits per heavy atom. The molecule has 0 aliphatic carbocycles. The fourth-order valence-corrected chi connectivity index (χ4v) is 2.34. The van der Waals surface area contributed by atoms with Gasteiger partial charge in [-0.15, -0.1) is 0 Å². The molecule has 0 fully saturated rings. The summed E-state index contributed by atoms with van der Waals surface area (Å²) in [7, 11) is 0. The van der Waals surface area contributed by atoms with Crippen LogP contribution in [0.5, 0.6) is 0 Å². The summed E-state index contributed by atoms with van der Waals surface area (Å²) in [6, 6.07) is 7.42. The summed E-state index contributed by atoms with van der Waals surface area (Å²) >= 11 is 0. The average Bonchev–Trinajstić information content (AvgIpc) is 3.16. The highest BCUT2D eigenvalue weighted by Crippen LogP contribution is 2.16. The first kappa shape index (κ1) is 17.3. The fraction of sp³-hybridized carbons (Fsp3) is 0.111. The SMILES string of the molecule is CC(=O)Nc1cc(C(=O)NCc2ccnc(-n3ccnc3)c2)ccc1F. The van der Waals surface area contributed by atoms with Crippen molar-refractivity contribution in [3.8, 4) is 5.82 Å². The zero-order chi connectivity index (χ0) is 18.5. The average molecular weight is 353 g/mol. The van der Waals surface area contributed by atoms with Gasteiger partial charge in [0.2, 0.25) is 5.91 Å². The van der Waals surface area contributed by atoms with Crippen LogP contribution in [0.1, 0.15) is 22.8 Å².